The summed E-state index contributed by atoms with van der Waals surface area (Å²) in [6.07, 6.45) is 3.19. The first-order valence-electron chi connectivity index (χ1n) is 11.5. The van der Waals surface area contributed by atoms with Gasteiger partial charge >= 0.3 is 0 Å². The Bertz CT molecular complexity index is 1200. The van der Waals surface area contributed by atoms with E-state index in [1.54, 1.807) is 6.07 Å². The molecule has 2 fully saturated rings. The molecular weight excluding hydrogens is 500 g/mol. The second-order valence-corrected chi connectivity index (χ2v) is 10.2. The number of rotatable bonds is 7. The highest BCUT2D eigenvalue weighted by Crippen LogP contribution is 2.34. The smallest absolute Gasteiger partial charge is 0.221 e. The molecular formula is C26H30ClN4O4S-. The zero-order chi connectivity index (χ0) is 24.4. The molecule has 0 amide bonds. The van der Waals surface area contributed by atoms with E-state index < -0.39 is 11.1 Å². The summed E-state index contributed by atoms with van der Waals surface area (Å²) in [6, 6.07) is 15.6. The van der Waals surface area contributed by atoms with Crippen molar-refractivity contribution in [2.24, 2.45) is 0 Å². The third-order valence-electron chi connectivity index (χ3n) is 6.54. The molecule has 3 unspecified atom stereocenters. The lowest BCUT2D eigenvalue weighted by Crippen LogP contribution is -2.58. The second kappa shape index (κ2) is 11.7. The molecule has 8 nitrogen and oxygen atoms in total. The molecule has 192 valence electrons. The molecule has 2 aliphatic heterocycles. The average Bonchev–Trinajstić information content (AvgIpc) is 2.84. The first kappa shape index (κ1) is 26.5. The van der Waals surface area contributed by atoms with Crippen LogP contribution in [0.1, 0.15) is 31.4 Å². The van der Waals surface area contributed by atoms with Crippen molar-refractivity contribution < 1.29 is 18.2 Å². The molecule has 36 heavy (non-hydrogen) atoms. The third kappa shape index (κ3) is 5.87. The molecule has 0 aliphatic carbocycles. The van der Waals surface area contributed by atoms with Crippen molar-refractivity contribution in [3.8, 4) is 5.88 Å². The van der Waals surface area contributed by atoms with Gasteiger partial charge in [0, 0.05) is 36.4 Å². The van der Waals surface area contributed by atoms with Gasteiger partial charge in [-0.3, -0.25) is 9.11 Å². The summed E-state index contributed by atoms with van der Waals surface area (Å²) in [7, 11) is 0. The molecule has 2 saturated heterocycles. The lowest BCUT2D eigenvalue weighted by Gasteiger charge is -2.48. The normalized spacial score (nSPS) is 22.4. The zero-order valence-electron chi connectivity index (χ0n) is 19.2. The van der Waals surface area contributed by atoms with Gasteiger partial charge < -0.3 is 19.3 Å². The van der Waals surface area contributed by atoms with E-state index >= 15 is 0 Å². The van der Waals surface area contributed by atoms with Crippen molar-refractivity contribution in [2.75, 3.05) is 18.5 Å². The van der Waals surface area contributed by atoms with Crippen molar-refractivity contribution in [3.63, 3.8) is 0 Å². The number of benzene rings is 2. The van der Waals surface area contributed by atoms with Gasteiger partial charge in [-0.25, -0.2) is 9.97 Å². The number of anilines is 2. The Morgan fingerprint density at radius 3 is 2.56 bits per heavy atom. The number of nitrogens with zero attached hydrogens (tertiary/aromatic N) is 3. The van der Waals surface area contributed by atoms with Crippen LogP contribution in [0.5, 0.6) is 5.88 Å². The first-order chi connectivity index (χ1) is 17.0. The highest BCUT2D eigenvalue weighted by Gasteiger charge is 2.40. The van der Waals surface area contributed by atoms with Gasteiger partial charge in [0.15, 0.2) is 0 Å². The predicted octanol–water partition coefficient (Wildman–Crippen LogP) is 4.87. The summed E-state index contributed by atoms with van der Waals surface area (Å²) < 4.78 is 34.6. The van der Waals surface area contributed by atoms with Crippen molar-refractivity contribution in [2.45, 2.75) is 56.8 Å². The van der Waals surface area contributed by atoms with Crippen LogP contribution in [0.15, 0.2) is 59.8 Å². The predicted molar refractivity (Wildman–Crippen MR) is 139 cm³/mol. The fraction of sp³-hybridized carbons (Fsp3) is 0.385. The number of ether oxygens (including phenoxy) is 2. The number of fused-ring (bicyclic) bond motifs is 2. The Morgan fingerprint density at radius 1 is 1.17 bits per heavy atom. The average molecular weight is 530 g/mol. The Kier molecular flexibility index (Phi) is 8.58. The maximum Gasteiger partial charge on any atom is 0.221 e. The standard InChI is InChI=1S/C25H27ClN4O4S.CH4/c1-16-24(29-23-8-7-21(35(31)32)11-22(23)26)27-15-28-25(16)34-20-9-18-13-33-14-19(10-20)30(18)12-17-5-3-2-4-6-17;/h2-8,11,15,18-20H,9-10,12-14H2,1H3,(H,31,32)(H,27,28,29);1H4/p-1. The lowest BCUT2D eigenvalue weighted by molar-refractivity contribution is -0.104. The quantitative estimate of drug-likeness (QED) is 0.433. The number of hydrogen-bond donors (Lipinski definition) is 1. The largest absolute Gasteiger partial charge is 0.768 e. The Labute approximate surface area is 219 Å². The van der Waals surface area contributed by atoms with Crippen LogP contribution in [0.4, 0.5) is 11.5 Å². The summed E-state index contributed by atoms with van der Waals surface area (Å²) in [5.74, 6) is 1.08. The molecule has 10 heteroatoms. The molecule has 0 saturated carbocycles. The van der Waals surface area contributed by atoms with Crippen LogP contribution in [0.25, 0.3) is 0 Å². The number of hydrogen-bond acceptors (Lipinski definition) is 8. The maximum atomic E-state index is 11.2. The molecule has 2 aliphatic rings. The minimum Gasteiger partial charge on any atom is -0.768 e. The summed E-state index contributed by atoms with van der Waals surface area (Å²) in [4.78, 5) is 11.4. The van der Waals surface area contributed by atoms with E-state index in [1.165, 1.54) is 24.0 Å². The molecule has 0 spiro atoms. The molecule has 2 bridgehead atoms. The van der Waals surface area contributed by atoms with Gasteiger partial charge in [0.05, 0.1) is 29.5 Å². The molecule has 5 rings (SSSR count). The zero-order valence-corrected chi connectivity index (χ0v) is 20.8. The highest BCUT2D eigenvalue weighted by molar-refractivity contribution is 7.79. The van der Waals surface area contributed by atoms with Gasteiger partial charge in [-0.1, -0.05) is 49.4 Å². The summed E-state index contributed by atoms with van der Waals surface area (Å²) >= 11 is 3.93. The minimum atomic E-state index is -2.34. The molecule has 3 aromatic rings. The highest BCUT2D eigenvalue weighted by atomic mass is 35.5. The summed E-state index contributed by atoms with van der Waals surface area (Å²) in [5, 5.41) is 3.45. The van der Waals surface area contributed by atoms with Crippen molar-refractivity contribution in [1.82, 2.24) is 14.9 Å². The molecule has 3 heterocycles. The number of morpholine rings is 1. The lowest BCUT2D eigenvalue weighted by atomic mass is 9.91. The van der Waals surface area contributed by atoms with E-state index in [2.05, 4.69) is 44.5 Å². The van der Waals surface area contributed by atoms with Crippen molar-refractivity contribution in [3.05, 3.63) is 71.0 Å². The van der Waals surface area contributed by atoms with Crippen LogP contribution in [-0.2, 0) is 22.4 Å². The van der Waals surface area contributed by atoms with Crippen LogP contribution >= 0.6 is 11.6 Å². The Hall–Kier alpha value is -2.56. The molecule has 2 aromatic carbocycles. The minimum absolute atomic E-state index is 0. The van der Waals surface area contributed by atoms with Crippen LogP contribution in [0.2, 0.25) is 5.02 Å². The van der Waals surface area contributed by atoms with E-state index in [-0.39, 0.29) is 35.5 Å². The van der Waals surface area contributed by atoms with Gasteiger partial charge in [-0.2, -0.15) is 0 Å². The van der Waals surface area contributed by atoms with Gasteiger partial charge in [0.2, 0.25) is 5.88 Å². The molecule has 0 radical (unpaired) electrons. The summed E-state index contributed by atoms with van der Waals surface area (Å²) in [5.41, 5.74) is 2.61. The van der Waals surface area contributed by atoms with E-state index in [1.807, 2.05) is 13.0 Å². The fourth-order valence-corrected chi connectivity index (χ4v) is 5.44. The molecule has 1 N–H and O–H groups in total. The maximum absolute atomic E-state index is 11.2. The topological polar surface area (TPSA) is 99.6 Å². The molecule has 3 atom stereocenters. The summed E-state index contributed by atoms with van der Waals surface area (Å²) in [6.45, 7) is 4.19. The second-order valence-electron chi connectivity index (χ2n) is 8.87. The van der Waals surface area contributed by atoms with Gasteiger partial charge in [-0.15, -0.1) is 0 Å². The number of piperidine rings is 1. The number of nitrogens with one attached hydrogen (secondary N) is 1. The number of aromatic nitrogens is 2. The van der Waals surface area contributed by atoms with Gasteiger partial charge in [-0.05, 0) is 41.8 Å². The first-order valence-corrected chi connectivity index (χ1v) is 12.9. The Morgan fingerprint density at radius 2 is 1.89 bits per heavy atom. The van der Waals surface area contributed by atoms with Crippen LogP contribution in [-0.4, -0.2) is 55.0 Å². The Balaban J connectivity index is 0.00000304. The third-order valence-corrected chi connectivity index (χ3v) is 7.49. The molecule has 1 aromatic heterocycles. The van der Waals surface area contributed by atoms with E-state index in [0.29, 0.717) is 30.6 Å². The van der Waals surface area contributed by atoms with Crippen LogP contribution < -0.4 is 10.1 Å². The van der Waals surface area contributed by atoms with E-state index in [0.717, 1.165) is 24.9 Å². The van der Waals surface area contributed by atoms with Crippen LogP contribution in [0, 0.1) is 6.92 Å². The fourth-order valence-electron chi connectivity index (χ4n) is 4.75. The van der Waals surface area contributed by atoms with Gasteiger partial charge in [0.1, 0.15) is 18.2 Å². The SMILES string of the molecule is C.Cc1c(Nc2ccc(S(=O)[O-])cc2Cl)ncnc1OC1CC2COCC(C1)N2Cc1ccccc1. The van der Waals surface area contributed by atoms with E-state index in [4.69, 9.17) is 21.1 Å². The van der Waals surface area contributed by atoms with Gasteiger partial charge in [0.25, 0.3) is 0 Å². The monoisotopic (exact) mass is 529 g/mol. The van der Waals surface area contributed by atoms with E-state index in [9.17, 15) is 8.76 Å². The number of halogens is 1. The van der Waals surface area contributed by atoms with Crippen LogP contribution in [0.3, 0.4) is 0 Å². The van der Waals surface area contributed by atoms with Crippen molar-refractivity contribution in [1.29, 1.82) is 0 Å². The van der Waals surface area contributed by atoms with Crippen molar-refractivity contribution >= 4 is 34.2 Å².